The molecule has 1 fully saturated rings. The summed E-state index contributed by atoms with van der Waals surface area (Å²) in [5.41, 5.74) is 9.18. The molecule has 2 aliphatic heterocycles. The van der Waals surface area contributed by atoms with E-state index in [-0.39, 0.29) is 10.8 Å². The molecule has 3 unspecified atom stereocenters. The fraction of sp³-hybridized carbons (Fsp3) is 0.318. The molecule has 0 amide bonds. The van der Waals surface area contributed by atoms with Crippen molar-refractivity contribution < 1.29 is 13.5 Å². The van der Waals surface area contributed by atoms with E-state index >= 15 is 0 Å². The van der Waals surface area contributed by atoms with Crippen molar-refractivity contribution in [2.75, 3.05) is 5.73 Å². The second-order valence-electron chi connectivity index (χ2n) is 7.83. The van der Waals surface area contributed by atoms with Crippen LogP contribution < -0.4 is 15.8 Å². The van der Waals surface area contributed by atoms with Crippen molar-refractivity contribution in [2.24, 2.45) is 0 Å². The number of rotatable bonds is 4. The number of fused-ring (bicyclic) bond motifs is 3. The smallest absolute Gasteiger partial charge is 0.205 e. The van der Waals surface area contributed by atoms with Crippen molar-refractivity contribution >= 4 is 45.6 Å². The zero-order valence-corrected chi connectivity index (χ0v) is 17.7. The van der Waals surface area contributed by atoms with Crippen molar-refractivity contribution in [1.29, 1.82) is 0 Å². The van der Waals surface area contributed by atoms with Gasteiger partial charge >= 0.3 is 0 Å². The molecule has 5 nitrogen and oxygen atoms in total. The second kappa shape index (κ2) is 7.45. The molecular formula is C22H20Cl2FN3O2. The summed E-state index contributed by atoms with van der Waals surface area (Å²) in [7, 11) is 0. The van der Waals surface area contributed by atoms with Crippen molar-refractivity contribution in [3.8, 4) is 5.75 Å². The van der Waals surface area contributed by atoms with Gasteiger partial charge in [-0.2, -0.15) is 0 Å². The maximum absolute atomic E-state index is 14.0. The predicted octanol–water partition coefficient (Wildman–Crippen LogP) is 5.90. The Kier molecular flexibility index (Phi) is 4.88. The van der Waals surface area contributed by atoms with Gasteiger partial charge < -0.3 is 20.2 Å². The van der Waals surface area contributed by atoms with Gasteiger partial charge in [-0.25, -0.2) is 9.37 Å². The summed E-state index contributed by atoms with van der Waals surface area (Å²) in [6.45, 7) is 1.72. The van der Waals surface area contributed by atoms with Gasteiger partial charge in [0.2, 0.25) is 5.75 Å². The number of nitrogens with two attached hydrogens (primary N) is 1. The highest BCUT2D eigenvalue weighted by molar-refractivity contribution is 6.36. The van der Waals surface area contributed by atoms with Crippen LogP contribution in [0.4, 0.5) is 10.2 Å². The lowest BCUT2D eigenvalue weighted by molar-refractivity contribution is 0.227. The average Bonchev–Trinajstić information content (AvgIpc) is 3.30. The van der Waals surface area contributed by atoms with Crippen LogP contribution in [-0.2, 0) is 0 Å². The maximum atomic E-state index is 14.0. The van der Waals surface area contributed by atoms with Crippen LogP contribution >= 0.6 is 23.2 Å². The Morgan fingerprint density at radius 1 is 1.33 bits per heavy atom. The number of halogens is 3. The molecule has 0 aliphatic carbocycles. The fourth-order valence-electron chi connectivity index (χ4n) is 4.41. The Bertz CT molecular complexity index is 1180. The van der Waals surface area contributed by atoms with E-state index in [1.165, 1.54) is 24.1 Å². The number of ether oxygens (including phenoxy) is 1. The highest BCUT2D eigenvalue weighted by Crippen LogP contribution is 2.42. The first-order valence-corrected chi connectivity index (χ1v) is 10.6. The van der Waals surface area contributed by atoms with E-state index in [1.54, 1.807) is 19.4 Å². The van der Waals surface area contributed by atoms with E-state index in [1.807, 2.05) is 0 Å². The Labute approximate surface area is 183 Å². The number of hydrogen-bond acceptors (Lipinski definition) is 5. The Morgan fingerprint density at radius 2 is 2.17 bits per heavy atom. The Morgan fingerprint density at radius 3 is 2.97 bits per heavy atom. The molecular weight excluding hydrogens is 428 g/mol. The number of furan rings is 1. The summed E-state index contributed by atoms with van der Waals surface area (Å²) in [6, 6.07) is 3.56. The number of nitrogens with zero attached hydrogens (tertiary/aromatic N) is 1. The molecule has 2 aliphatic rings. The molecule has 30 heavy (non-hydrogen) atoms. The molecule has 0 radical (unpaired) electrons. The minimum Gasteiger partial charge on any atom is -0.478 e. The number of aromatic nitrogens is 1. The second-order valence-corrected chi connectivity index (χ2v) is 8.61. The Balaban J connectivity index is 1.54. The number of hydrogen-bond donors (Lipinski definition) is 2. The van der Waals surface area contributed by atoms with Crippen LogP contribution in [0.3, 0.4) is 0 Å². The number of anilines is 1. The van der Waals surface area contributed by atoms with Crippen LogP contribution in [0.15, 0.2) is 35.1 Å². The van der Waals surface area contributed by atoms with Crippen LogP contribution in [0.5, 0.6) is 5.75 Å². The molecule has 3 aromatic rings. The topological polar surface area (TPSA) is 73.3 Å². The van der Waals surface area contributed by atoms with Gasteiger partial charge in [-0.05, 0) is 43.9 Å². The molecule has 1 saturated heterocycles. The average molecular weight is 448 g/mol. The van der Waals surface area contributed by atoms with Gasteiger partial charge in [0.1, 0.15) is 11.9 Å². The highest BCUT2D eigenvalue weighted by atomic mass is 35.5. The molecule has 156 valence electrons. The summed E-state index contributed by atoms with van der Waals surface area (Å²) < 4.78 is 25.9. The molecule has 2 bridgehead atoms. The van der Waals surface area contributed by atoms with Crippen molar-refractivity contribution in [3.63, 3.8) is 0 Å². The third-order valence-electron chi connectivity index (χ3n) is 5.87. The van der Waals surface area contributed by atoms with Gasteiger partial charge in [0.25, 0.3) is 0 Å². The monoisotopic (exact) mass is 447 g/mol. The first-order chi connectivity index (χ1) is 14.4. The van der Waals surface area contributed by atoms with Crippen molar-refractivity contribution in [3.05, 3.63) is 57.7 Å². The predicted molar refractivity (Wildman–Crippen MR) is 116 cm³/mol. The van der Waals surface area contributed by atoms with Crippen LogP contribution in [0.2, 0.25) is 10.0 Å². The summed E-state index contributed by atoms with van der Waals surface area (Å²) in [6.07, 6.45) is 8.28. The quantitative estimate of drug-likeness (QED) is 0.486. The molecule has 0 spiro atoms. The van der Waals surface area contributed by atoms with Crippen molar-refractivity contribution in [2.45, 2.75) is 44.4 Å². The van der Waals surface area contributed by atoms with E-state index in [9.17, 15) is 4.39 Å². The third-order valence-corrected chi connectivity index (χ3v) is 6.59. The van der Waals surface area contributed by atoms with E-state index in [0.717, 1.165) is 23.8 Å². The zero-order valence-electron chi connectivity index (χ0n) is 16.2. The third kappa shape index (κ3) is 3.23. The van der Waals surface area contributed by atoms with E-state index in [2.05, 4.69) is 16.4 Å². The molecule has 4 heterocycles. The largest absolute Gasteiger partial charge is 0.478 e. The van der Waals surface area contributed by atoms with Crippen molar-refractivity contribution in [1.82, 2.24) is 10.3 Å². The van der Waals surface area contributed by atoms with E-state index in [4.69, 9.17) is 38.1 Å². The van der Waals surface area contributed by atoms with E-state index < -0.39 is 11.9 Å². The SMILES string of the molecule is CC(Oc1c(N)ncc2c(C3=CC4CCC(C3)N4)coc12)c1c(Cl)ccc(F)c1Cl. The van der Waals surface area contributed by atoms with Crippen LogP contribution in [-0.4, -0.2) is 17.1 Å². The summed E-state index contributed by atoms with van der Waals surface area (Å²) in [5, 5.41) is 4.65. The van der Waals surface area contributed by atoms with Gasteiger partial charge in [0.15, 0.2) is 11.4 Å². The molecule has 3 N–H and O–H groups in total. The number of pyridine rings is 1. The standard InChI is InChI=1S/C22H20Cl2FN3O2/c1-10(18-16(23)4-5-17(25)19(18)24)30-21-20-14(8-27-22(21)26)15(9-29-20)11-6-12-2-3-13(7-11)28-12/h4-6,8-10,12-13,28H,2-3,7H2,1H3,(H2,26,27). The summed E-state index contributed by atoms with van der Waals surface area (Å²) in [4.78, 5) is 4.31. The van der Waals surface area contributed by atoms with Gasteiger partial charge in [-0.3, -0.25) is 0 Å². The minimum atomic E-state index is -0.669. The number of benzene rings is 1. The van der Waals surface area contributed by atoms with Gasteiger partial charge in [0, 0.05) is 34.4 Å². The normalized spacial score (nSPS) is 21.7. The Hall–Kier alpha value is -2.28. The van der Waals surface area contributed by atoms with Gasteiger partial charge in [0.05, 0.1) is 16.7 Å². The van der Waals surface area contributed by atoms with Crippen LogP contribution in [0.1, 0.15) is 43.4 Å². The lowest BCUT2D eigenvalue weighted by atomic mass is 9.96. The number of nitrogen functional groups attached to an aromatic ring is 1. The molecule has 5 rings (SSSR count). The molecule has 8 heteroatoms. The summed E-state index contributed by atoms with van der Waals surface area (Å²) >= 11 is 12.4. The number of nitrogens with one attached hydrogen (secondary N) is 1. The first kappa shape index (κ1) is 19.7. The lowest BCUT2D eigenvalue weighted by Crippen LogP contribution is -2.31. The summed E-state index contributed by atoms with van der Waals surface area (Å²) in [5.74, 6) is -0.0954. The van der Waals surface area contributed by atoms with Gasteiger partial charge in [-0.15, -0.1) is 0 Å². The molecule has 3 atom stereocenters. The van der Waals surface area contributed by atoms with Crippen LogP contribution in [0.25, 0.3) is 16.5 Å². The lowest BCUT2D eigenvalue weighted by Gasteiger charge is -2.21. The molecule has 0 saturated carbocycles. The maximum Gasteiger partial charge on any atom is 0.205 e. The molecule has 1 aromatic carbocycles. The molecule has 2 aromatic heterocycles. The fourth-order valence-corrected chi connectivity index (χ4v) is 5.09. The minimum absolute atomic E-state index is 0.0795. The zero-order chi connectivity index (χ0) is 21.0. The van der Waals surface area contributed by atoms with Gasteiger partial charge in [-0.1, -0.05) is 29.3 Å². The first-order valence-electron chi connectivity index (χ1n) is 9.85. The van der Waals surface area contributed by atoms with Crippen LogP contribution in [0, 0.1) is 5.82 Å². The highest BCUT2D eigenvalue weighted by Gasteiger charge is 2.30. The van der Waals surface area contributed by atoms with E-state index in [0.29, 0.717) is 34.0 Å².